The predicted molar refractivity (Wildman–Crippen MR) is 146 cm³/mol. The molecule has 2 aromatic rings. The fraction of sp³-hybridized carbons (Fsp3) is 0.654. The number of carbonyl (C=O) groups is 2. The number of amides is 2. The van der Waals surface area contributed by atoms with E-state index in [4.69, 9.17) is 9.84 Å². The minimum Gasteiger partial charge on any atom is -0.394 e. The zero-order chi connectivity index (χ0) is 28.8. The van der Waals surface area contributed by atoms with E-state index in [2.05, 4.69) is 58.2 Å². The van der Waals surface area contributed by atoms with Crippen molar-refractivity contribution in [1.29, 1.82) is 0 Å². The van der Waals surface area contributed by atoms with Gasteiger partial charge in [-0.05, 0) is 33.3 Å². The van der Waals surface area contributed by atoms with Gasteiger partial charge in [0.25, 0.3) is 0 Å². The van der Waals surface area contributed by atoms with Crippen molar-refractivity contribution in [2.45, 2.75) is 54.0 Å². The zero-order valence-electron chi connectivity index (χ0n) is 24.6. The van der Waals surface area contributed by atoms with Crippen LogP contribution in [-0.2, 0) is 52.6 Å². The fourth-order valence-corrected chi connectivity index (χ4v) is 2.94. The number of aryl methyl sites for hydroxylation is 1. The molecule has 1 saturated heterocycles. The first kappa shape index (κ1) is 36.9. The van der Waals surface area contributed by atoms with Crippen LogP contribution in [0, 0.1) is 19.3 Å². The van der Waals surface area contributed by atoms with Gasteiger partial charge in [0.15, 0.2) is 0 Å². The van der Waals surface area contributed by atoms with E-state index < -0.39 is 0 Å². The Morgan fingerprint density at radius 2 is 1.64 bits per heavy atom. The maximum atomic E-state index is 11.3. The summed E-state index contributed by atoms with van der Waals surface area (Å²) in [6.07, 6.45) is 7.16. The van der Waals surface area contributed by atoms with Crippen molar-refractivity contribution in [3.05, 3.63) is 37.3 Å². The molecule has 2 amide bonds. The molecule has 0 bridgehead atoms. The molecule has 217 valence electrons. The van der Waals surface area contributed by atoms with Gasteiger partial charge >= 0.3 is 0 Å². The third-order valence-electron chi connectivity index (χ3n) is 5.24. The number of piperazine rings is 1. The molecule has 0 atom stereocenters. The van der Waals surface area contributed by atoms with Crippen LogP contribution in [0.5, 0.6) is 0 Å². The summed E-state index contributed by atoms with van der Waals surface area (Å²) in [6, 6.07) is 0. The number of anilines is 1. The molecule has 1 aliphatic heterocycles. The van der Waals surface area contributed by atoms with Crippen LogP contribution < -0.4 is 10.2 Å². The van der Waals surface area contributed by atoms with Crippen LogP contribution in [-0.4, -0.2) is 99.3 Å². The summed E-state index contributed by atoms with van der Waals surface area (Å²) >= 11 is 0. The van der Waals surface area contributed by atoms with Gasteiger partial charge in [-0.25, -0.2) is 14.6 Å². The number of hydrogen-bond acceptors (Lipinski definition) is 9. The second-order valence-corrected chi connectivity index (χ2v) is 10.8. The molecule has 2 aromatic heterocycles. The van der Waals surface area contributed by atoms with Crippen LogP contribution in [0.4, 0.5) is 5.95 Å². The van der Waals surface area contributed by atoms with E-state index >= 15 is 0 Å². The molecule has 0 spiro atoms. The number of aromatic nitrogens is 5. The Hall–Kier alpha value is -2.15. The van der Waals surface area contributed by atoms with Crippen molar-refractivity contribution in [1.82, 2.24) is 35.2 Å². The van der Waals surface area contributed by atoms with Gasteiger partial charge < -0.3 is 36.7 Å². The number of carbonyl (C=O) groups excluding carboxylic acids is 2. The maximum absolute atomic E-state index is 11.3. The Kier molecular flexibility index (Phi) is 17.2. The summed E-state index contributed by atoms with van der Waals surface area (Å²) in [5, 5.41) is 18.7. The smallest absolute Gasteiger partial charge is 0.225 e. The van der Waals surface area contributed by atoms with Crippen molar-refractivity contribution in [2.75, 3.05) is 57.4 Å². The second kappa shape index (κ2) is 18.2. The van der Waals surface area contributed by atoms with E-state index in [-0.39, 0.29) is 62.1 Å². The molecule has 0 unspecified atom stereocenters. The van der Waals surface area contributed by atoms with Crippen LogP contribution in [0.25, 0.3) is 0 Å². The van der Waals surface area contributed by atoms with Crippen LogP contribution >= 0.6 is 0 Å². The molecule has 0 saturated carbocycles. The Labute approximate surface area is 258 Å². The number of aliphatic hydroxyl groups excluding tert-OH is 1. The predicted octanol–water partition coefficient (Wildman–Crippen LogP) is 1.46. The number of nitrogens with one attached hydrogen (secondary N) is 1. The van der Waals surface area contributed by atoms with E-state index in [0.29, 0.717) is 32.8 Å². The Bertz CT molecular complexity index is 936. The molecule has 12 nitrogen and oxygen atoms in total. The van der Waals surface area contributed by atoms with Gasteiger partial charge in [-0.2, -0.15) is 0 Å². The van der Waals surface area contributed by atoms with E-state index in [1.54, 1.807) is 23.5 Å². The van der Waals surface area contributed by atoms with E-state index in [1.165, 1.54) is 0 Å². The monoisotopic (exact) mass is 622 g/mol. The van der Waals surface area contributed by atoms with Crippen molar-refractivity contribution < 1.29 is 52.1 Å². The molecule has 1 radical (unpaired) electrons. The first-order valence-corrected chi connectivity index (χ1v) is 12.7. The fourth-order valence-electron chi connectivity index (χ4n) is 2.94. The van der Waals surface area contributed by atoms with Gasteiger partial charge in [0.05, 0.1) is 37.5 Å². The van der Waals surface area contributed by atoms with Crippen molar-refractivity contribution >= 4 is 17.8 Å². The Morgan fingerprint density at radius 3 is 2.05 bits per heavy atom. The third kappa shape index (κ3) is 15.3. The number of hydrogen-bond donors (Lipinski definition) is 2. The first-order valence-electron chi connectivity index (χ1n) is 12.7. The first-order chi connectivity index (χ1) is 17.8. The average molecular weight is 623 g/mol. The number of rotatable bonds is 6. The Morgan fingerprint density at radius 1 is 1.05 bits per heavy atom. The molecule has 13 heteroatoms. The van der Waals surface area contributed by atoms with Crippen LogP contribution in [0.15, 0.2) is 24.8 Å². The molecule has 3 rings (SSSR count). The molecule has 1 aliphatic rings. The van der Waals surface area contributed by atoms with Crippen LogP contribution in [0.3, 0.4) is 0 Å². The van der Waals surface area contributed by atoms with Gasteiger partial charge in [0.1, 0.15) is 0 Å². The molecule has 2 N–H and O–H groups in total. The summed E-state index contributed by atoms with van der Waals surface area (Å²) in [4.78, 5) is 34.7. The van der Waals surface area contributed by atoms with Crippen molar-refractivity contribution in [2.24, 2.45) is 5.41 Å². The molecule has 0 aromatic carbocycles. The summed E-state index contributed by atoms with van der Waals surface area (Å²) < 4.78 is 6.81. The van der Waals surface area contributed by atoms with Crippen molar-refractivity contribution in [3.8, 4) is 0 Å². The van der Waals surface area contributed by atoms with Crippen LogP contribution in [0.2, 0.25) is 0 Å². The summed E-state index contributed by atoms with van der Waals surface area (Å²) in [5.41, 5.74) is 0.767. The molecule has 39 heavy (non-hydrogen) atoms. The largest absolute Gasteiger partial charge is 0.394 e. The molecular weight excluding hydrogens is 577 g/mol. The topological polar surface area (TPSA) is 139 Å². The molecule has 0 aliphatic carbocycles. The normalized spacial score (nSPS) is 13.2. The van der Waals surface area contributed by atoms with E-state index in [0.717, 1.165) is 24.6 Å². The van der Waals surface area contributed by atoms with E-state index in [1.807, 2.05) is 38.6 Å². The second-order valence-electron chi connectivity index (χ2n) is 10.8. The minimum atomic E-state index is -0.350. The van der Waals surface area contributed by atoms with Crippen molar-refractivity contribution in [3.63, 3.8) is 0 Å². The molecule has 3 heterocycles. The summed E-state index contributed by atoms with van der Waals surface area (Å²) in [7, 11) is 0. The van der Waals surface area contributed by atoms with Gasteiger partial charge in [-0.15, -0.1) is 5.10 Å². The van der Waals surface area contributed by atoms with Gasteiger partial charge in [0.2, 0.25) is 11.9 Å². The van der Waals surface area contributed by atoms with Crippen LogP contribution in [0.1, 0.15) is 47.1 Å². The standard InChI is InChI=1S/C11H15N4O.C9H19NO3.C6H11N3.Y/c1-9-7-12-11(13-8-9)15-5-3-14(4-6-15)10(2)16;1-9(2,3)8(12)10-4-6-13-7-5-11;1-6(2,3)9-5-4-7-8-9;/h7-8H,2-6H2,1H3;11H,4-7H2,1-3H3,(H,10,12);4-5H,1-3H3;/q-1;;;. The summed E-state index contributed by atoms with van der Waals surface area (Å²) in [5.74, 6) is 0.645. The number of nitrogens with zero attached hydrogens (tertiary/aromatic N) is 7. The zero-order valence-corrected chi connectivity index (χ0v) is 27.4. The van der Waals surface area contributed by atoms with Gasteiger partial charge in [0, 0.05) is 89.4 Å². The molecule has 1 fully saturated rings. The van der Waals surface area contributed by atoms with E-state index in [9.17, 15) is 9.59 Å². The molecular formula is C26H45N8O4Y-. The number of aliphatic hydroxyl groups is 1. The quantitative estimate of drug-likeness (QED) is 0.362. The average Bonchev–Trinajstić information content (AvgIpc) is 3.41. The minimum absolute atomic E-state index is 0. The summed E-state index contributed by atoms with van der Waals surface area (Å²) in [6.45, 7) is 21.4. The Balaban J connectivity index is 0.000000570. The van der Waals surface area contributed by atoms with Gasteiger partial charge in [-0.1, -0.05) is 26.0 Å². The van der Waals surface area contributed by atoms with Gasteiger partial charge in [-0.3, -0.25) is 4.79 Å². The SMILES string of the molecule is CC(C)(C)C(=O)NCCOCCO.CC(C)(C)n1ccnn1.[CH2-]C(=O)N1CCN(c2ncc(C)cn2)CC1.[Y]. The third-order valence-corrected chi connectivity index (χ3v) is 5.24. The number of ether oxygens (including phenoxy) is 1. The maximum Gasteiger partial charge on any atom is 0.225 e.